The summed E-state index contributed by atoms with van der Waals surface area (Å²) in [6, 6.07) is 10.8. The van der Waals surface area contributed by atoms with Gasteiger partial charge in [0.15, 0.2) is 0 Å². The van der Waals surface area contributed by atoms with Crippen LogP contribution < -0.4 is 20.3 Å². The third-order valence-electron chi connectivity index (χ3n) is 7.09. The van der Waals surface area contributed by atoms with E-state index in [0.29, 0.717) is 60.7 Å². The molecule has 11 nitrogen and oxygen atoms in total. The molecule has 1 aliphatic carbocycles. The van der Waals surface area contributed by atoms with E-state index in [1.165, 1.54) is 10.6 Å². The summed E-state index contributed by atoms with van der Waals surface area (Å²) >= 11 is 3.44. The molecule has 1 aliphatic heterocycles. The van der Waals surface area contributed by atoms with Crippen molar-refractivity contribution in [3.63, 3.8) is 0 Å². The number of aromatic nitrogens is 2. The number of amides is 2. The van der Waals surface area contributed by atoms with Crippen LogP contribution in [0, 0.1) is 0 Å². The minimum atomic E-state index is -3.65. The van der Waals surface area contributed by atoms with Crippen molar-refractivity contribution in [2.45, 2.75) is 31.2 Å². The summed E-state index contributed by atoms with van der Waals surface area (Å²) in [6.45, 7) is 2.02. The molecule has 13 heteroatoms. The highest BCUT2D eigenvalue weighted by atomic mass is 79.9. The lowest BCUT2D eigenvalue weighted by Crippen LogP contribution is -2.51. The Labute approximate surface area is 241 Å². The van der Waals surface area contributed by atoms with E-state index in [9.17, 15) is 18.0 Å². The highest BCUT2D eigenvalue weighted by molar-refractivity contribution is 9.10. The normalized spacial score (nSPS) is 17.5. The largest absolute Gasteiger partial charge is 0.378 e. The van der Waals surface area contributed by atoms with Crippen LogP contribution in [0.2, 0.25) is 0 Å². The van der Waals surface area contributed by atoms with E-state index in [0.717, 1.165) is 22.9 Å². The molecule has 0 spiro atoms. The first-order valence-electron chi connectivity index (χ1n) is 13.3. The number of nitrogens with zero attached hydrogens (tertiary/aromatic N) is 3. The van der Waals surface area contributed by atoms with E-state index in [2.05, 4.69) is 31.9 Å². The van der Waals surface area contributed by atoms with E-state index in [1.807, 2.05) is 30.3 Å². The van der Waals surface area contributed by atoms with Crippen LogP contribution in [0.3, 0.4) is 0 Å². The van der Waals surface area contributed by atoms with Gasteiger partial charge in [-0.3, -0.25) is 13.9 Å². The molecule has 2 amide bonds. The summed E-state index contributed by atoms with van der Waals surface area (Å²) in [5.41, 5.74) is 3.07. The van der Waals surface area contributed by atoms with Crippen LogP contribution in [-0.4, -0.2) is 82.2 Å². The van der Waals surface area contributed by atoms with Gasteiger partial charge in [-0.1, -0.05) is 15.9 Å². The molecule has 3 aromatic rings. The van der Waals surface area contributed by atoms with Gasteiger partial charge in [-0.2, -0.15) is 5.10 Å². The third-order valence-corrected chi connectivity index (χ3v) is 8.80. The Morgan fingerprint density at radius 1 is 1.23 bits per heavy atom. The number of fused-ring (bicyclic) bond motifs is 1. The summed E-state index contributed by atoms with van der Waals surface area (Å²) in [7, 11) is -2.07. The number of carbonyl (C=O) groups excluding carboxylic acids is 2. The number of sulfonamides is 1. The topological polar surface area (TPSA) is 135 Å². The van der Waals surface area contributed by atoms with Gasteiger partial charge in [0, 0.05) is 36.5 Å². The summed E-state index contributed by atoms with van der Waals surface area (Å²) in [6.07, 6.45) is 3.50. The number of halogens is 1. The van der Waals surface area contributed by atoms with Crippen LogP contribution in [0.15, 0.2) is 40.9 Å². The second-order valence-corrected chi connectivity index (χ2v) is 12.9. The minimum Gasteiger partial charge on any atom is -0.378 e. The second kappa shape index (κ2) is 11.9. The van der Waals surface area contributed by atoms with Crippen molar-refractivity contribution in [3.05, 3.63) is 52.1 Å². The molecular formula is C27H33BrN6O5S. The monoisotopic (exact) mass is 632 g/mol. The number of benzene rings is 2. The highest BCUT2D eigenvalue weighted by Gasteiger charge is 2.32. The van der Waals surface area contributed by atoms with Crippen molar-refractivity contribution in [2.24, 2.45) is 0 Å². The molecule has 1 atom stereocenters. The predicted molar refractivity (Wildman–Crippen MR) is 157 cm³/mol. The third kappa shape index (κ3) is 6.17. The van der Waals surface area contributed by atoms with Crippen molar-refractivity contribution >= 4 is 54.4 Å². The number of anilines is 1. The number of rotatable bonds is 10. The molecule has 214 valence electrons. The zero-order valence-corrected chi connectivity index (χ0v) is 24.8. The molecule has 0 bridgehead atoms. The molecule has 5 rings (SSSR count). The Morgan fingerprint density at radius 3 is 2.60 bits per heavy atom. The van der Waals surface area contributed by atoms with E-state index in [-0.39, 0.29) is 24.3 Å². The molecule has 2 aromatic carbocycles. The summed E-state index contributed by atoms with van der Waals surface area (Å²) in [5.74, 6) is -0.242. The molecule has 1 saturated carbocycles. The van der Waals surface area contributed by atoms with Crippen molar-refractivity contribution in [2.75, 3.05) is 50.5 Å². The standard InChI is InChI=1S/C27H33BrN6O5S/c1-29-27(36)25-21-14-20(17-4-5-17)24(15-22(21)32-34(25)19-8-6-18(28)7-9-19)33(40(2,37)38)12-3-10-31-26(35)23-16-39-13-11-30-23/h6-9,14-15,17,23,30H,3-5,10-13,16H2,1-2H3,(H,29,36)(H,31,35)/t23-/m1/s1. The van der Waals surface area contributed by atoms with Crippen LogP contribution in [0.5, 0.6) is 0 Å². The minimum absolute atomic E-state index is 0.161. The zero-order chi connectivity index (χ0) is 28.4. The second-order valence-electron chi connectivity index (χ2n) is 10.1. The molecule has 40 heavy (non-hydrogen) atoms. The first-order chi connectivity index (χ1) is 19.2. The Balaban J connectivity index is 1.47. The van der Waals surface area contributed by atoms with Gasteiger partial charge >= 0.3 is 0 Å². The van der Waals surface area contributed by atoms with Gasteiger partial charge in [-0.05, 0) is 67.1 Å². The van der Waals surface area contributed by atoms with E-state index in [1.54, 1.807) is 17.8 Å². The molecule has 0 radical (unpaired) electrons. The molecule has 1 aromatic heterocycles. The van der Waals surface area contributed by atoms with Crippen molar-refractivity contribution in [1.29, 1.82) is 0 Å². The summed E-state index contributed by atoms with van der Waals surface area (Å²) < 4.78 is 35.3. The first kappa shape index (κ1) is 28.5. The lowest BCUT2D eigenvalue weighted by Gasteiger charge is -2.26. The van der Waals surface area contributed by atoms with Gasteiger partial charge in [-0.25, -0.2) is 13.1 Å². The Kier molecular flexibility index (Phi) is 8.45. The van der Waals surface area contributed by atoms with Crippen molar-refractivity contribution < 1.29 is 22.7 Å². The average Bonchev–Trinajstić information content (AvgIpc) is 3.72. The smallest absolute Gasteiger partial charge is 0.270 e. The number of morpholine rings is 1. The maximum atomic E-state index is 13.0. The predicted octanol–water partition coefficient (Wildman–Crippen LogP) is 2.29. The number of hydrogen-bond acceptors (Lipinski definition) is 7. The van der Waals surface area contributed by atoms with Gasteiger partial charge in [0.25, 0.3) is 5.91 Å². The number of hydrogen-bond donors (Lipinski definition) is 3. The van der Waals surface area contributed by atoms with E-state index < -0.39 is 16.1 Å². The fourth-order valence-corrected chi connectivity index (χ4v) is 6.18. The van der Waals surface area contributed by atoms with Crippen LogP contribution in [0.4, 0.5) is 5.69 Å². The zero-order valence-electron chi connectivity index (χ0n) is 22.4. The Hall–Kier alpha value is -3.00. The van der Waals surface area contributed by atoms with Crippen LogP contribution in [0.1, 0.15) is 41.2 Å². The van der Waals surface area contributed by atoms with Crippen molar-refractivity contribution in [1.82, 2.24) is 25.7 Å². The molecule has 2 heterocycles. The van der Waals surface area contributed by atoms with Gasteiger partial charge in [0.05, 0.1) is 36.4 Å². The fourth-order valence-electron chi connectivity index (χ4n) is 4.94. The van der Waals surface area contributed by atoms with Gasteiger partial charge in [-0.15, -0.1) is 0 Å². The molecule has 3 N–H and O–H groups in total. The molecular weight excluding hydrogens is 600 g/mol. The average molecular weight is 634 g/mol. The molecule has 2 fully saturated rings. The SMILES string of the molecule is CNC(=O)c1c2cc(C3CC3)c(N(CCCNC(=O)[C@H]3COCCN3)S(C)(=O)=O)cc2nn1-c1ccc(Br)cc1. The summed E-state index contributed by atoms with van der Waals surface area (Å²) in [4.78, 5) is 25.5. The van der Waals surface area contributed by atoms with Gasteiger partial charge in [0.2, 0.25) is 15.9 Å². The molecule has 1 saturated heterocycles. The van der Waals surface area contributed by atoms with Crippen molar-refractivity contribution in [3.8, 4) is 5.69 Å². The lowest BCUT2D eigenvalue weighted by molar-refractivity contribution is -0.125. The van der Waals surface area contributed by atoms with E-state index >= 15 is 0 Å². The lowest BCUT2D eigenvalue weighted by atomic mass is 10.0. The number of carbonyl (C=O) groups is 2. The number of nitrogens with one attached hydrogen (secondary N) is 3. The first-order valence-corrected chi connectivity index (χ1v) is 15.9. The van der Waals surface area contributed by atoms with Gasteiger partial charge < -0.3 is 20.7 Å². The molecule has 0 unspecified atom stereocenters. The Bertz CT molecular complexity index is 1510. The maximum Gasteiger partial charge on any atom is 0.270 e. The Morgan fingerprint density at radius 2 is 1.98 bits per heavy atom. The fraction of sp³-hybridized carbons (Fsp3) is 0.444. The van der Waals surface area contributed by atoms with Crippen LogP contribution >= 0.6 is 15.9 Å². The highest BCUT2D eigenvalue weighted by Crippen LogP contribution is 2.46. The summed E-state index contributed by atoms with van der Waals surface area (Å²) in [5, 5.41) is 14.1. The maximum absolute atomic E-state index is 13.0. The van der Waals surface area contributed by atoms with Crippen LogP contribution in [0.25, 0.3) is 16.6 Å². The van der Waals surface area contributed by atoms with Crippen LogP contribution in [-0.2, 0) is 19.6 Å². The van der Waals surface area contributed by atoms with Gasteiger partial charge in [0.1, 0.15) is 11.7 Å². The van der Waals surface area contributed by atoms with E-state index in [4.69, 9.17) is 9.84 Å². The number of ether oxygens (including phenoxy) is 1. The molecule has 2 aliphatic rings. The quantitative estimate of drug-likeness (QED) is 0.292.